The SMILES string of the molecule is Cc1cc(Br)c2c(c1)OCO2. The van der Waals surface area contributed by atoms with Crippen molar-refractivity contribution in [1.29, 1.82) is 0 Å². The Balaban J connectivity index is 2.60. The molecule has 0 aliphatic carbocycles. The minimum absolute atomic E-state index is 0.331. The van der Waals surface area contributed by atoms with Crippen LogP contribution in [0.1, 0.15) is 5.56 Å². The second-order valence-corrected chi connectivity index (χ2v) is 3.33. The molecule has 0 saturated carbocycles. The first kappa shape index (κ1) is 6.98. The monoisotopic (exact) mass is 214 g/mol. The molecule has 0 bridgehead atoms. The van der Waals surface area contributed by atoms with Gasteiger partial charge in [0.15, 0.2) is 11.5 Å². The molecule has 1 aromatic rings. The molecule has 2 nitrogen and oxygen atoms in total. The van der Waals surface area contributed by atoms with E-state index in [1.807, 2.05) is 19.1 Å². The van der Waals surface area contributed by atoms with E-state index in [4.69, 9.17) is 9.47 Å². The van der Waals surface area contributed by atoms with E-state index in [1.165, 1.54) is 5.56 Å². The smallest absolute Gasteiger partial charge is 0.231 e. The Morgan fingerprint density at radius 2 is 2.18 bits per heavy atom. The van der Waals surface area contributed by atoms with Crippen LogP contribution < -0.4 is 9.47 Å². The van der Waals surface area contributed by atoms with E-state index in [2.05, 4.69) is 15.9 Å². The number of hydrogen-bond acceptors (Lipinski definition) is 2. The Bertz CT molecular complexity index is 296. The van der Waals surface area contributed by atoms with Crippen molar-refractivity contribution in [3.63, 3.8) is 0 Å². The van der Waals surface area contributed by atoms with Gasteiger partial charge in [-0.15, -0.1) is 0 Å². The molecule has 1 aromatic carbocycles. The number of benzene rings is 1. The van der Waals surface area contributed by atoms with Crippen molar-refractivity contribution in [2.45, 2.75) is 6.92 Å². The Morgan fingerprint density at radius 1 is 1.36 bits per heavy atom. The lowest BCUT2D eigenvalue weighted by Crippen LogP contribution is -1.93. The van der Waals surface area contributed by atoms with E-state index >= 15 is 0 Å². The van der Waals surface area contributed by atoms with Gasteiger partial charge >= 0.3 is 0 Å². The van der Waals surface area contributed by atoms with Gasteiger partial charge in [-0.1, -0.05) is 0 Å². The summed E-state index contributed by atoms with van der Waals surface area (Å²) in [5.74, 6) is 1.65. The maximum atomic E-state index is 5.22. The third-order valence-electron chi connectivity index (χ3n) is 1.57. The van der Waals surface area contributed by atoms with E-state index in [0.29, 0.717) is 6.79 Å². The van der Waals surface area contributed by atoms with Crippen molar-refractivity contribution in [2.24, 2.45) is 0 Å². The highest BCUT2D eigenvalue weighted by molar-refractivity contribution is 9.10. The molecule has 11 heavy (non-hydrogen) atoms. The van der Waals surface area contributed by atoms with Gasteiger partial charge < -0.3 is 9.47 Å². The number of ether oxygens (including phenoxy) is 2. The summed E-state index contributed by atoms with van der Waals surface area (Å²) in [7, 11) is 0. The minimum atomic E-state index is 0.331. The van der Waals surface area contributed by atoms with Crippen LogP contribution in [0, 0.1) is 6.92 Å². The van der Waals surface area contributed by atoms with Crippen LogP contribution in [-0.2, 0) is 0 Å². The van der Waals surface area contributed by atoms with Crippen molar-refractivity contribution >= 4 is 15.9 Å². The standard InChI is InChI=1S/C8H7BrO2/c1-5-2-6(9)8-7(3-5)10-4-11-8/h2-3H,4H2,1H3. The first-order valence-electron chi connectivity index (χ1n) is 3.33. The van der Waals surface area contributed by atoms with Crippen LogP contribution >= 0.6 is 15.9 Å². The molecule has 1 heterocycles. The van der Waals surface area contributed by atoms with Crippen LogP contribution in [0.15, 0.2) is 16.6 Å². The molecule has 1 aliphatic heterocycles. The largest absolute Gasteiger partial charge is 0.454 e. The molecule has 3 heteroatoms. The molecule has 0 N–H and O–H groups in total. The third kappa shape index (κ3) is 1.09. The summed E-state index contributed by atoms with van der Waals surface area (Å²) in [6.07, 6.45) is 0. The summed E-state index contributed by atoms with van der Waals surface area (Å²) < 4.78 is 11.4. The van der Waals surface area contributed by atoms with E-state index < -0.39 is 0 Å². The average Bonchev–Trinajstić information content (AvgIpc) is 2.34. The fraction of sp³-hybridized carbons (Fsp3) is 0.250. The Labute approximate surface area is 73.3 Å². The lowest BCUT2D eigenvalue weighted by atomic mass is 10.2. The molecule has 0 atom stereocenters. The lowest BCUT2D eigenvalue weighted by molar-refractivity contribution is 0.173. The van der Waals surface area contributed by atoms with Crippen LogP contribution in [0.2, 0.25) is 0 Å². The van der Waals surface area contributed by atoms with Crippen molar-refractivity contribution in [1.82, 2.24) is 0 Å². The van der Waals surface area contributed by atoms with Crippen LogP contribution in [0.5, 0.6) is 11.5 Å². The highest BCUT2D eigenvalue weighted by Crippen LogP contribution is 2.39. The zero-order chi connectivity index (χ0) is 7.84. The van der Waals surface area contributed by atoms with Gasteiger partial charge in [-0.2, -0.15) is 0 Å². The lowest BCUT2D eigenvalue weighted by Gasteiger charge is -1.99. The summed E-state index contributed by atoms with van der Waals surface area (Å²) >= 11 is 3.39. The van der Waals surface area contributed by atoms with Gasteiger partial charge in [0.1, 0.15) is 0 Å². The first-order valence-corrected chi connectivity index (χ1v) is 4.12. The second kappa shape index (κ2) is 2.41. The van der Waals surface area contributed by atoms with Gasteiger partial charge in [0, 0.05) is 0 Å². The highest BCUT2D eigenvalue weighted by Gasteiger charge is 2.16. The summed E-state index contributed by atoms with van der Waals surface area (Å²) in [6, 6.07) is 3.97. The highest BCUT2D eigenvalue weighted by atomic mass is 79.9. The molecule has 58 valence electrons. The van der Waals surface area contributed by atoms with Gasteiger partial charge in [0.25, 0.3) is 0 Å². The number of aryl methyl sites for hydroxylation is 1. The predicted octanol–water partition coefficient (Wildman–Crippen LogP) is 2.49. The Morgan fingerprint density at radius 3 is 3.00 bits per heavy atom. The molecule has 0 spiro atoms. The molecular formula is C8H7BrO2. The van der Waals surface area contributed by atoms with Crippen LogP contribution in [-0.4, -0.2) is 6.79 Å². The Kier molecular flexibility index (Phi) is 1.53. The van der Waals surface area contributed by atoms with Gasteiger partial charge in [-0.25, -0.2) is 0 Å². The normalized spacial score (nSPS) is 13.6. The molecule has 0 radical (unpaired) electrons. The molecule has 1 aliphatic rings. The van der Waals surface area contributed by atoms with Crippen LogP contribution in [0.25, 0.3) is 0 Å². The molecule has 0 unspecified atom stereocenters. The van der Waals surface area contributed by atoms with Crippen molar-refractivity contribution in [3.8, 4) is 11.5 Å². The summed E-state index contributed by atoms with van der Waals surface area (Å²) in [6.45, 7) is 2.35. The predicted molar refractivity (Wildman–Crippen MR) is 45.0 cm³/mol. The zero-order valence-corrected chi connectivity index (χ0v) is 7.64. The quantitative estimate of drug-likeness (QED) is 0.661. The van der Waals surface area contributed by atoms with E-state index in [9.17, 15) is 0 Å². The van der Waals surface area contributed by atoms with Gasteiger partial charge in [0.05, 0.1) is 4.47 Å². The van der Waals surface area contributed by atoms with Gasteiger partial charge in [0.2, 0.25) is 6.79 Å². The maximum Gasteiger partial charge on any atom is 0.231 e. The van der Waals surface area contributed by atoms with Crippen molar-refractivity contribution < 1.29 is 9.47 Å². The van der Waals surface area contributed by atoms with Gasteiger partial charge in [-0.3, -0.25) is 0 Å². The second-order valence-electron chi connectivity index (χ2n) is 2.48. The molecule has 0 amide bonds. The van der Waals surface area contributed by atoms with Crippen LogP contribution in [0.4, 0.5) is 0 Å². The van der Waals surface area contributed by atoms with E-state index in [1.54, 1.807) is 0 Å². The fourth-order valence-corrected chi connectivity index (χ4v) is 1.77. The number of halogens is 1. The summed E-state index contributed by atoms with van der Waals surface area (Å²) in [5.41, 5.74) is 1.17. The number of rotatable bonds is 0. The number of fused-ring (bicyclic) bond motifs is 1. The topological polar surface area (TPSA) is 18.5 Å². The molecule has 0 fully saturated rings. The van der Waals surface area contributed by atoms with Crippen molar-refractivity contribution in [3.05, 3.63) is 22.2 Å². The average molecular weight is 215 g/mol. The minimum Gasteiger partial charge on any atom is -0.454 e. The van der Waals surface area contributed by atoms with E-state index in [-0.39, 0.29) is 0 Å². The van der Waals surface area contributed by atoms with Crippen molar-refractivity contribution in [2.75, 3.05) is 6.79 Å². The first-order chi connectivity index (χ1) is 5.27. The van der Waals surface area contributed by atoms with Crippen LogP contribution in [0.3, 0.4) is 0 Å². The fourth-order valence-electron chi connectivity index (χ4n) is 1.10. The summed E-state index contributed by atoms with van der Waals surface area (Å²) in [5, 5.41) is 0. The molecular weight excluding hydrogens is 208 g/mol. The zero-order valence-electron chi connectivity index (χ0n) is 6.06. The third-order valence-corrected chi connectivity index (χ3v) is 2.16. The number of hydrogen-bond donors (Lipinski definition) is 0. The molecule has 2 rings (SSSR count). The summed E-state index contributed by atoms with van der Waals surface area (Å²) in [4.78, 5) is 0. The molecule has 0 saturated heterocycles. The van der Waals surface area contributed by atoms with E-state index in [0.717, 1.165) is 16.0 Å². The molecule has 0 aromatic heterocycles. The Hall–Kier alpha value is -0.700. The van der Waals surface area contributed by atoms with Gasteiger partial charge in [-0.05, 0) is 40.5 Å². The maximum absolute atomic E-state index is 5.22.